The van der Waals surface area contributed by atoms with Crippen molar-refractivity contribution in [2.45, 2.75) is 59.0 Å². The number of hydrogen-bond donors (Lipinski definition) is 1. The molecular weight excluding hydrogens is 482 g/mol. The van der Waals surface area contributed by atoms with Crippen LogP contribution in [0.3, 0.4) is 0 Å². The molecule has 1 aromatic heterocycles. The summed E-state index contributed by atoms with van der Waals surface area (Å²) in [5.74, 6) is 0.0974. The first-order valence-electron chi connectivity index (χ1n) is 13.2. The number of carbonyl (C=O) groups excluding carboxylic acids is 2. The highest BCUT2D eigenvalue weighted by Crippen LogP contribution is 2.25. The van der Waals surface area contributed by atoms with E-state index in [4.69, 9.17) is 9.15 Å². The number of amides is 2. The second kappa shape index (κ2) is 12.2. The van der Waals surface area contributed by atoms with Crippen molar-refractivity contribution >= 4 is 23.7 Å². The van der Waals surface area contributed by atoms with Crippen LogP contribution >= 0.6 is 0 Å². The van der Waals surface area contributed by atoms with Gasteiger partial charge in [0, 0.05) is 23.4 Å². The SMILES string of the molecule is Cc1cccc(C(=O)Nc2ccc(-c3nnc(N(CCCN4CCCCC4)C(=O)OC(C)(C)C)o3)cc2)c1. The first-order valence-corrected chi connectivity index (χ1v) is 13.2. The van der Waals surface area contributed by atoms with Gasteiger partial charge in [0.25, 0.3) is 5.91 Å². The summed E-state index contributed by atoms with van der Waals surface area (Å²) < 4.78 is 11.5. The largest absolute Gasteiger partial charge is 0.443 e. The topological polar surface area (TPSA) is 101 Å². The van der Waals surface area contributed by atoms with Crippen molar-refractivity contribution in [1.29, 1.82) is 0 Å². The van der Waals surface area contributed by atoms with Crippen LogP contribution < -0.4 is 10.2 Å². The van der Waals surface area contributed by atoms with Crippen LogP contribution in [0.4, 0.5) is 16.5 Å². The third kappa shape index (κ3) is 7.64. The molecule has 2 aromatic carbocycles. The number of nitrogens with zero attached hydrogens (tertiary/aromatic N) is 4. The first kappa shape index (κ1) is 27.3. The lowest BCUT2D eigenvalue weighted by molar-refractivity contribution is 0.0571. The van der Waals surface area contributed by atoms with E-state index >= 15 is 0 Å². The van der Waals surface area contributed by atoms with Gasteiger partial charge in [0.15, 0.2) is 0 Å². The Morgan fingerprint density at radius 2 is 1.79 bits per heavy atom. The number of ether oxygens (including phenoxy) is 1. The summed E-state index contributed by atoms with van der Waals surface area (Å²) in [6.07, 6.45) is 3.98. The Morgan fingerprint density at radius 1 is 1.05 bits per heavy atom. The quantitative estimate of drug-likeness (QED) is 0.394. The summed E-state index contributed by atoms with van der Waals surface area (Å²) in [6.45, 7) is 10.9. The second-order valence-electron chi connectivity index (χ2n) is 10.7. The molecule has 0 aliphatic carbocycles. The molecule has 0 atom stereocenters. The van der Waals surface area contributed by atoms with Gasteiger partial charge in [-0.2, -0.15) is 0 Å². The van der Waals surface area contributed by atoms with Crippen molar-refractivity contribution in [2.24, 2.45) is 0 Å². The maximum atomic E-state index is 13.0. The fourth-order valence-electron chi connectivity index (χ4n) is 4.34. The maximum absolute atomic E-state index is 13.0. The lowest BCUT2D eigenvalue weighted by atomic mass is 10.1. The number of hydrogen-bond acceptors (Lipinski definition) is 7. The number of benzene rings is 2. The van der Waals surface area contributed by atoms with E-state index in [0.29, 0.717) is 23.4 Å². The molecule has 0 bridgehead atoms. The number of aromatic nitrogens is 2. The van der Waals surface area contributed by atoms with Crippen molar-refractivity contribution < 1.29 is 18.7 Å². The van der Waals surface area contributed by atoms with Crippen LogP contribution in [0.2, 0.25) is 0 Å². The van der Waals surface area contributed by atoms with Crippen molar-refractivity contribution in [3.8, 4) is 11.5 Å². The van der Waals surface area contributed by atoms with Gasteiger partial charge in [0.05, 0.1) is 0 Å². The number of nitrogens with one attached hydrogen (secondary N) is 1. The van der Waals surface area contributed by atoms with Gasteiger partial charge in [-0.3, -0.25) is 4.79 Å². The van der Waals surface area contributed by atoms with E-state index in [-0.39, 0.29) is 17.8 Å². The lowest BCUT2D eigenvalue weighted by Crippen LogP contribution is -2.39. The highest BCUT2D eigenvalue weighted by atomic mass is 16.6. The monoisotopic (exact) mass is 519 g/mol. The molecule has 1 aliphatic heterocycles. The van der Waals surface area contributed by atoms with Crippen LogP contribution in [-0.2, 0) is 4.74 Å². The first-order chi connectivity index (χ1) is 18.2. The lowest BCUT2D eigenvalue weighted by Gasteiger charge is -2.28. The zero-order chi connectivity index (χ0) is 27.1. The van der Waals surface area contributed by atoms with E-state index in [1.165, 1.54) is 24.2 Å². The number of rotatable bonds is 8. The molecule has 9 nitrogen and oxygen atoms in total. The minimum Gasteiger partial charge on any atom is -0.443 e. The molecule has 1 saturated heterocycles. The van der Waals surface area contributed by atoms with Gasteiger partial charge in [0.1, 0.15) is 5.60 Å². The summed E-state index contributed by atoms with van der Waals surface area (Å²) in [7, 11) is 0. The molecule has 0 saturated carbocycles. The maximum Gasteiger partial charge on any atom is 0.418 e. The van der Waals surface area contributed by atoms with Crippen molar-refractivity contribution in [3.05, 3.63) is 59.7 Å². The minimum atomic E-state index is -0.649. The van der Waals surface area contributed by atoms with Crippen LogP contribution in [-0.4, -0.2) is 58.9 Å². The van der Waals surface area contributed by atoms with Crippen LogP contribution in [0.15, 0.2) is 52.9 Å². The van der Waals surface area contributed by atoms with Crippen LogP contribution in [0.1, 0.15) is 62.4 Å². The van der Waals surface area contributed by atoms with E-state index in [2.05, 4.69) is 20.4 Å². The molecular formula is C29H37N5O4. The van der Waals surface area contributed by atoms with Crippen molar-refractivity contribution in [3.63, 3.8) is 0 Å². The second-order valence-corrected chi connectivity index (χ2v) is 10.7. The van der Waals surface area contributed by atoms with E-state index in [1.807, 2.05) is 45.9 Å². The normalized spacial score (nSPS) is 14.2. The summed E-state index contributed by atoms with van der Waals surface area (Å²) in [5, 5.41) is 11.2. The minimum absolute atomic E-state index is 0.102. The van der Waals surface area contributed by atoms with E-state index in [1.54, 1.807) is 30.3 Å². The Labute approximate surface area is 224 Å². The van der Waals surface area contributed by atoms with E-state index in [9.17, 15) is 9.59 Å². The molecule has 0 radical (unpaired) electrons. The molecule has 1 fully saturated rings. The molecule has 202 valence electrons. The summed E-state index contributed by atoms with van der Waals surface area (Å²) in [4.78, 5) is 29.4. The summed E-state index contributed by atoms with van der Waals surface area (Å²) in [6, 6.07) is 14.7. The number of piperidine rings is 1. The van der Waals surface area contributed by atoms with Gasteiger partial charge in [-0.15, -0.1) is 5.10 Å². The predicted molar refractivity (Wildman–Crippen MR) is 147 cm³/mol. The van der Waals surface area contributed by atoms with Gasteiger partial charge in [-0.25, -0.2) is 9.69 Å². The third-order valence-corrected chi connectivity index (χ3v) is 6.23. The van der Waals surface area contributed by atoms with E-state index < -0.39 is 11.7 Å². The average Bonchev–Trinajstić information content (AvgIpc) is 3.36. The number of anilines is 2. The Kier molecular flexibility index (Phi) is 8.78. The smallest absolute Gasteiger partial charge is 0.418 e. The molecule has 3 aromatic rings. The average molecular weight is 520 g/mol. The Balaban J connectivity index is 1.43. The molecule has 1 N–H and O–H groups in total. The van der Waals surface area contributed by atoms with Gasteiger partial charge in [-0.1, -0.05) is 29.2 Å². The van der Waals surface area contributed by atoms with Gasteiger partial charge >= 0.3 is 12.1 Å². The van der Waals surface area contributed by atoms with Gasteiger partial charge < -0.3 is 19.4 Å². The Hall–Kier alpha value is -3.72. The Morgan fingerprint density at radius 3 is 2.47 bits per heavy atom. The summed E-state index contributed by atoms with van der Waals surface area (Å²) in [5.41, 5.74) is 2.29. The van der Waals surface area contributed by atoms with Crippen LogP contribution in [0.5, 0.6) is 0 Å². The summed E-state index contributed by atoms with van der Waals surface area (Å²) >= 11 is 0. The molecule has 2 heterocycles. The van der Waals surface area contributed by atoms with Crippen LogP contribution in [0, 0.1) is 6.92 Å². The molecule has 4 rings (SSSR count). The van der Waals surface area contributed by atoms with Gasteiger partial charge in [-0.05, 0) is 103 Å². The number of aryl methyl sites for hydroxylation is 1. The standard InChI is InChI=1S/C29H37N5O4/c1-21-10-8-11-23(20-21)25(35)30-24-14-12-22(13-15-24)26-31-32-27(37-26)34(28(36)38-29(2,3)4)19-9-18-33-16-6-5-7-17-33/h8,10-15,20H,5-7,9,16-19H2,1-4H3,(H,30,35). The van der Waals surface area contributed by atoms with Crippen molar-refractivity contribution in [1.82, 2.24) is 15.1 Å². The molecule has 9 heteroatoms. The zero-order valence-corrected chi connectivity index (χ0v) is 22.7. The molecule has 38 heavy (non-hydrogen) atoms. The fourth-order valence-corrected chi connectivity index (χ4v) is 4.34. The fraction of sp³-hybridized carbons (Fsp3) is 0.448. The van der Waals surface area contributed by atoms with E-state index in [0.717, 1.165) is 31.6 Å². The molecule has 0 spiro atoms. The predicted octanol–water partition coefficient (Wildman–Crippen LogP) is 5.91. The Bertz CT molecular complexity index is 1230. The third-order valence-electron chi connectivity index (χ3n) is 6.23. The molecule has 0 unspecified atom stereocenters. The van der Waals surface area contributed by atoms with Crippen LogP contribution in [0.25, 0.3) is 11.5 Å². The number of likely N-dealkylation sites (tertiary alicyclic amines) is 1. The van der Waals surface area contributed by atoms with Crippen molar-refractivity contribution in [2.75, 3.05) is 36.4 Å². The molecule has 2 amide bonds. The number of carbonyl (C=O) groups is 2. The zero-order valence-electron chi connectivity index (χ0n) is 22.7. The highest BCUT2D eigenvalue weighted by molar-refractivity contribution is 6.04. The molecule has 1 aliphatic rings. The highest BCUT2D eigenvalue weighted by Gasteiger charge is 2.27. The van der Waals surface area contributed by atoms with Gasteiger partial charge in [0.2, 0.25) is 5.89 Å².